The molecule has 1 aromatic carbocycles. The molecule has 0 aliphatic heterocycles. The first-order valence-corrected chi connectivity index (χ1v) is 8.59. The smallest absolute Gasteiger partial charge is 0.338 e. The van der Waals surface area contributed by atoms with Gasteiger partial charge in [-0.1, -0.05) is 28.1 Å². The molecule has 25 heavy (non-hydrogen) atoms. The maximum atomic E-state index is 12.9. The molecule has 8 heteroatoms. The second-order valence-electron chi connectivity index (χ2n) is 6.34. The van der Waals surface area contributed by atoms with Gasteiger partial charge in [0.2, 0.25) is 5.91 Å². The van der Waals surface area contributed by atoms with Crippen LogP contribution in [0.25, 0.3) is 0 Å². The minimum absolute atomic E-state index is 0.0394. The Morgan fingerprint density at radius 2 is 2.12 bits per heavy atom. The molecule has 0 bridgehead atoms. The average molecular weight is 416 g/mol. The van der Waals surface area contributed by atoms with E-state index < -0.39 is 18.1 Å². The molecular weight excluding hydrogens is 399 g/mol. The van der Waals surface area contributed by atoms with Crippen molar-refractivity contribution in [2.45, 2.75) is 37.5 Å². The Hall–Kier alpha value is -1.83. The van der Waals surface area contributed by atoms with Crippen molar-refractivity contribution < 1.29 is 18.0 Å². The number of carbonyl (C=O) groups is 1. The zero-order valence-electron chi connectivity index (χ0n) is 13.6. The van der Waals surface area contributed by atoms with Crippen molar-refractivity contribution >= 4 is 21.8 Å². The van der Waals surface area contributed by atoms with E-state index in [-0.39, 0.29) is 18.3 Å². The maximum Gasteiger partial charge on any atom is 0.406 e. The minimum atomic E-state index is -4.33. The summed E-state index contributed by atoms with van der Waals surface area (Å²) < 4.78 is 39.8. The van der Waals surface area contributed by atoms with Gasteiger partial charge < -0.3 is 9.47 Å². The van der Waals surface area contributed by atoms with Crippen LogP contribution in [0.3, 0.4) is 0 Å². The predicted molar refractivity (Wildman–Crippen MR) is 89.8 cm³/mol. The molecule has 1 heterocycles. The SMILES string of the molecule is CN(Cc1nccn1CC(F)(F)F)C(=O)C1(c2cccc(Br)c2)CC1. The standard InChI is InChI=1S/C17H17BrF3N3O/c1-23(10-14-22-7-8-24(14)11-17(19,20)21)15(25)16(5-6-16)12-3-2-4-13(18)9-12/h2-4,7-9H,5-6,10-11H2,1H3. The molecule has 1 aromatic heterocycles. The molecule has 0 N–H and O–H groups in total. The van der Waals surface area contributed by atoms with Gasteiger partial charge in [-0.2, -0.15) is 13.2 Å². The number of likely N-dealkylation sites (N-methyl/N-ethyl adjacent to an activating group) is 1. The molecule has 4 nitrogen and oxygen atoms in total. The molecular formula is C17H17BrF3N3O. The number of halogens is 4. The summed E-state index contributed by atoms with van der Waals surface area (Å²) in [6.45, 7) is -1.07. The number of benzene rings is 1. The van der Waals surface area contributed by atoms with Crippen molar-refractivity contribution in [3.8, 4) is 0 Å². The minimum Gasteiger partial charge on any atom is -0.338 e. The zero-order chi connectivity index (χ0) is 18.2. The molecule has 0 radical (unpaired) electrons. The number of rotatable bonds is 5. The Morgan fingerprint density at radius 3 is 2.72 bits per heavy atom. The van der Waals surface area contributed by atoms with Crippen molar-refractivity contribution in [1.29, 1.82) is 0 Å². The van der Waals surface area contributed by atoms with Crippen LogP contribution in [0.2, 0.25) is 0 Å². The van der Waals surface area contributed by atoms with Crippen molar-refractivity contribution in [2.75, 3.05) is 7.05 Å². The lowest BCUT2D eigenvalue weighted by Crippen LogP contribution is -2.37. The third-order valence-electron chi connectivity index (χ3n) is 4.41. The van der Waals surface area contributed by atoms with E-state index in [1.54, 1.807) is 7.05 Å². The second kappa shape index (κ2) is 6.48. The van der Waals surface area contributed by atoms with Crippen molar-refractivity contribution in [2.24, 2.45) is 0 Å². The first-order chi connectivity index (χ1) is 11.7. The van der Waals surface area contributed by atoms with E-state index in [2.05, 4.69) is 20.9 Å². The summed E-state index contributed by atoms with van der Waals surface area (Å²) in [5.41, 5.74) is 0.359. The fourth-order valence-corrected chi connectivity index (χ4v) is 3.41. The van der Waals surface area contributed by atoms with E-state index in [1.807, 2.05) is 24.3 Å². The zero-order valence-corrected chi connectivity index (χ0v) is 15.1. The molecule has 0 saturated heterocycles. The number of amides is 1. The third-order valence-corrected chi connectivity index (χ3v) is 4.91. The van der Waals surface area contributed by atoms with Gasteiger partial charge in [-0.25, -0.2) is 4.98 Å². The molecule has 1 amide bonds. The summed E-state index contributed by atoms with van der Waals surface area (Å²) >= 11 is 3.41. The van der Waals surface area contributed by atoms with Crippen LogP contribution >= 0.6 is 15.9 Å². The summed E-state index contributed by atoms with van der Waals surface area (Å²) in [5, 5.41) is 0. The topological polar surface area (TPSA) is 38.1 Å². The monoisotopic (exact) mass is 415 g/mol. The van der Waals surface area contributed by atoms with Gasteiger partial charge in [0.15, 0.2) is 0 Å². The van der Waals surface area contributed by atoms with Crippen molar-refractivity contribution in [1.82, 2.24) is 14.5 Å². The number of imidazole rings is 1. The van der Waals surface area contributed by atoms with Gasteiger partial charge in [0.05, 0.1) is 12.0 Å². The maximum absolute atomic E-state index is 12.9. The Morgan fingerprint density at radius 1 is 1.40 bits per heavy atom. The van der Waals surface area contributed by atoms with Gasteiger partial charge in [-0.3, -0.25) is 4.79 Å². The van der Waals surface area contributed by atoms with E-state index in [1.165, 1.54) is 17.3 Å². The number of carbonyl (C=O) groups excluding carboxylic acids is 1. The summed E-state index contributed by atoms with van der Waals surface area (Å²) in [6, 6.07) is 7.60. The fourth-order valence-electron chi connectivity index (χ4n) is 3.02. The summed E-state index contributed by atoms with van der Waals surface area (Å²) in [5.74, 6) is 0.130. The van der Waals surface area contributed by atoms with Crippen LogP contribution in [0.5, 0.6) is 0 Å². The highest BCUT2D eigenvalue weighted by molar-refractivity contribution is 9.10. The molecule has 0 spiro atoms. The van der Waals surface area contributed by atoms with Crippen LogP contribution in [0.15, 0.2) is 41.1 Å². The molecule has 1 saturated carbocycles. The van der Waals surface area contributed by atoms with Gasteiger partial charge in [0, 0.05) is 23.9 Å². The highest BCUT2D eigenvalue weighted by Gasteiger charge is 2.52. The van der Waals surface area contributed by atoms with Crippen LogP contribution < -0.4 is 0 Å². The number of alkyl halides is 3. The highest BCUT2D eigenvalue weighted by atomic mass is 79.9. The van der Waals surface area contributed by atoms with Gasteiger partial charge in [-0.15, -0.1) is 0 Å². The summed E-state index contributed by atoms with van der Waals surface area (Å²) in [7, 11) is 1.60. The number of hydrogen-bond acceptors (Lipinski definition) is 2. The Bertz CT molecular complexity index is 783. The molecule has 0 atom stereocenters. The Labute approximate surface area is 151 Å². The van der Waals surface area contributed by atoms with E-state index in [0.717, 1.165) is 27.4 Å². The van der Waals surface area contributed by atoms with Crippen LogP contribution in [-0.2, 0) is 23.3 Å². The average Bonchev–Trinajstić information content (AvgIpc) is 3.23. The Kier molecular flexibility index (Phi) is 4.66. The summed E-state index contributed by atoms with van der Waals surface area (Å²) in [4.78, 5) is 18.3. The number of nitrogens with zero attached hydrogens (tertiary/aromatic N) is 3. The molecule has 1 aliphatic carbocycles. The normalized spacial score (nSPS) is 15.9. The first kappa shape index (κ1) is 18.0. The largest absolute Gasteiger partial charge is 0.406 e. The lowest BCUT2D eigenvalue weighted by molar-refractivity contribution is -0.141. The van der Waals surface area contributed by atoms with E-state index in [0.29, 0.717) is 0 Å². The predicted octanol–water partition coefficient (Wildman–Crippen LogP) is 3.90. The van der Waals surface area contributed by atoms with Gasteiger partial charge in [-0.05, 0) is 30.5 Å². The van der Waals surface area contributed by atoms with E-state index >= 15 is 0 Å². The molecule has 1 aliphatic rings. The lowest BCUT2D eigenvalue weighted by atomic mass is 9.94. The van der Waals surface area contributed by atoms with E-state index in [4.69, 9.17) is 0 Å². The second-order valence-corrected chi connectivity index (χ2v) is 7.26. The van der Waals surface area contributed by atoms with Crippen LogP contribution in [-0.4, -0.2) is 33.6 Å². The Balaban J connectivity index is 1.75. The van der Waals surface area contributed by atoms with Crippen LogP contribution in [0, 0.1) is 0 Å². The molecule has 0 unspecified atom stereocenters. The summed E-state index contributed by atoms with van der Waals surface area (Å²) in [6.07, 6.45) is -0.248. The molecule has 1 fully saturated rings. The quantitative estimate of drug-likeness (QED) is 0.742. The van der Waals surface area contributed by atoms with Gasteiger partial charge in [0.1, 0.15) is 12.4 Å². The molecule has 3 rings (SSSR count). The number of hydrogen-bond donors (Lipinski definition) is 0. The third kappa shape index (κ3) is 3.89. The molecule has 134 valence electrons. The number of aromatic nitrogens is 2. The first-order valence-electron chi connectivity index (χ1n) is 7.80. The fraction of sp³-hybridized carbons (Fsp3) is 0.412. The molecule has 2 aromatic rings. The highest BCUT2D eigenvalue weighted by Crippen LogP contribution is 2.50. The van der Waals surface area contributed by atoms with Gasteiger partial charge in [0.25, 0.3) is 0 Å². The van der Waals surface area contributed by atoms with Crippen LogP contribution in [0.4, 0.5) is 13.2 Å². The lowest BCUT2D eigenvalue weighted by Gasteiger charge is -2.24. The van der Waals surface area contributed by atoms with Crippen LogP contribution in [0.1, 0.15) is 24.2 Å². The van der Waals surface area contributed by atoms with Crippen molar-refractivity contribution in [3.63, 3.8) is 0 Å². The van der Waals surface area contributed by atoms with E-state index in [9.17, 15) is 18.0 Å². The van der Waals surface area contributed by atoms with Crippen molar-refractivity contribution in [3.05, 3.63) is 52.5 Å². The van der Waals surface area contributed by atoms with Gasteiger partial charge >= 0.3 is 6.18 Å².